The van der Waals surface area contributed by atoms with E-state index in [1.165, 1.54) is 0 Å². The van der Waals surface area contributed by atoms with Crippen LogP contribution in [0.4, 0.5) is 5.82 Å². The van der Waals surface area contributed by atoms with Gasteiger partial charge in [0.25, 0.3) is 0 Å². The van der Waals surface area contributed by atoms with Crippen LogP contribution in [0.1, 0.15) is 13.8 Å². The molecule has 4 nitrogen and oxygen atoms in total. The quantitative estimate of drug-likeness (QED) is 0.868. The fourth-order valence-corrected chi connectivity index (χ4v) is 2.26. The molecule has 2 rings (SSSR count). The maximum absolute atomic E-state index is 5.36. The van der Waals surface area contributed by atoms with Gasteiger partial charge in [-0.1, -0.05) is 0 Å². The van der Waals surface area contributed by atoms with Crippen LogP contribution in [0, 0.1) is 0 Å². The molecule has 0 saturated heterocycles. The zero-order valence-electron chi connectivity index (χ0n) is 9.43. The summed E-state index contributed by atoms with van der Waals surface area (Å²) in [7, 11) is 0. The molecule has 0 aliphatic carbocycles. The van der Waals surface area contributed by atoms with Gasteiger partial charge in [0.05, 0.1) is 16.8 Å². The minimum atomic E-state index is 0.250. The summed E-state index contributed by atoms with van der Waals surface area (Å²) >= 11 is 1.65. The average molecular weight is 237 g/mol. The summed E-state index contributed by atoms with van der Waals surface area (Å²) in [6.07, 6.45) is 1.59. The van der Waals surface area contributed by atoms with E-state index in [-0.39, 0.29) is 6.04 Å². The fraction of sp³-hybridized carbons (Fsp3) is 0.455. The third kappa shape index (κ3) is 2.48. The van der Waals surface area contributed by atoms with Gasteiger partial charge in [-0.25, -0.2) is 9.97 Å². The summed E-state index contributed by atoms with van der Waals surface area (Å²) in [4.78, 5) is 8.46. The number of anilines is 1. The Morgan fingerprint density at radius 2 is 2.38 bits per heavy atom. The molecule has 0 bridgehead atoms. The third-order valence-electron chi connectivity index (χ3n) is 2.20. The summed E-state index contributed by atoms with van der Waals surface area (Å²) < 4.78 is 6.46. The van der Waals surface area contributed by atoms with E-state index in [2.05, 4.69) is 22.2 Å². The number of ether oxygens (including phenoxy) is 1. The van der Waals surface area contributed by atoms with Crippen LogP contribution in [0.3, 0.4) is 0 Å². The molecule has 0 saturated carbocycles. The summed E-state index contributed by atoms with van der Waals surface area (Å²) in [5, 5.41) is 5.37. The molecule has 0 amide bonds. The highest BCUT2D eigenvalue weighted by Crippen LogP contribution is 2.25. The van der Waals surface area contributed by atoms with Gasteiger partial charge in [-0.3, -0.25) is 0 Å². The highest BCUT2D eigenvalue weighted by atomic mass is 32.1. The Hall–Kier alpha value is -1.20. The lowest BCUT2D eigenvalue weighted by molar-refractivity contribution is 0.141. The van der Waals surface area contributed by atoms with Crippen LogP contribution in [0.25, 0.3) is 10.2 Å². The molecule has 1 atom stereocenters. The molecular weight excluding hydrogens is 222 g/mol. The van der Waals surface area contributed by atoms with Crippen molar-refractivity contribution in [2.24, 2.45) is 0 Å². The van der Waals surface area contributed by atoms with Crippen molar-refractivity contribution in [2.75, 3.05) is 18.5 Å². The van der Waals surface area contributed by atoms with Crippen LogP contribution in [-0.2, 0) is 4.74 Å². The van der Waals surface area contributed by atoms with E-state index in [9.17, 15) is 0 Å². The topological polar surface area (TPSA) is 47.0 Å². The number of rotatable bonds is 5. The van der Waals surface area contributed by atoms with Crippen molar-refractivity contribution < 1.29 is 4.74 Å². The Kier molecular flexibility index (Phi) is 3.69. The van der Waals surface area contributed by atoms with E-state index >= 15 is 0 Å². The Bertz CT molecular complexity index is 457. The maximum Gasteiger partial charge on any atom is 0.147 e. The second kappa shape index (κ2) is 5.23. The zero-order valence-corrected chi connectivity index (χ0v) is 10.3. The van der Waals surface area contributed by atoms with E-state index in [4.69, 9.17) is 4.74 Å². The van der Waals surface area contributed by atoms with Gasteiger partial charge in [-0.2, -0.15) is 0 Å². The first-order valence-corrected chi connectivity index (χ1v) is 6.21. The molecule has 0 aromatic carbocycles. The lowest BCUT2D eigenvalue weighted by atomic mass is 10.3. The van der Waals surface area contributed by atoms with Crippen LogP contribution in [-0.4, -0.2) is 29.2 Å². The first kappa shape index (κ1) is 11.3. The molecule has 5 heteroatoms. The average Bonchev–Trinajstić information content (AvgIpc) is 2.75. The molecule has 0 radical (unpaired) electrons. The molecule has 2 aromatic rings. The van der Waals surface area contributed by atoms with Crippen LogP contribution in [0.2, 0.25) is 0 Å². The monoisotopic (exact) mass is 237 g/mol. The molecule has 0 aliphatic rings. The van der Waals surface area contributed by atoms with E-state index in [1.54, 1.807) is 17.7 Å². The Labute approximate surface area is 98.7 Å². The highest BCUT2D eigenvalue weighted by Gasteiger charge is 2.07. The summed E-state index contributed by atoms with van der Waals surface area (Å²) in [5.74, 6) is 0.896. The molecule has 1 N–H and O–H groups in total. The largest absolute Gasteiger partial charge is 0.380 e. The van der Waals surface area contributed by atoms with Crippen LogP contribution >= 0.6 is 11.3 Å². The number of hydrogen-bond acceptors (Lipinski definition) is 5. The molecule has 0 unspecified atom stereocenters. The Morgan fingerprint density at radius 1 is 1.50 bits per heavy atom. The molecule has 0 fully saturated rings. The number of nitrogens with zero attached hydrogens (tertiary/aromatic N) is 2. The van der Waals surface area contributed by atoms with Crippen LogP contribution in [0.15, 0.2) is 17.8 Å². The van der Waals surface area contributed by atoms with Crippen molar-refractivity contribution in [1.82, 2.24) is 9.97 Å². The van der Waals surface area contributed by atoms with Crippen molar-refractivity contribution in [2.45, 2.75) is 19.9 Å². The smallest absolute Gasteiger partial charge is 0.147 e. The lowest BCUT2D eigenvalue weighted by Crippen LogP contribution is -2.22. The molecule has 0 aliphatic heterocycles. The van der Waals surface area contributed by atoms with Gasteiger partial charge in [-0.15, -0.1) is 11.3 Å². The molecule has 86 valence electrons. The standard InChI is InChI=1S/C11H15N3OS/c1-3-15-6-8(2)14-11-10-9(4-5-16-10)12-7-13-11/h4-5,7-8H,3,6H2,1-2H3,(H,12,13,14)/t8-/m1/s1. The highest BCUT2D eigenvalue weighted by molar-refractivity contribution is 7.17. The van der Waals surface area contributed by atoms with Gasteiger partial charge < -0.3 is 10.1 Å². The number of thiophene rings is 1. The number of nitrogens with one attached hydrogen (secondary N) is 1. The summed E-state index contributed by atoms with van der Waals surface area (Å²) in [6, 6.07) is 2.25. The first-order valence-electron chi connectivity index (χ1n) is 5.33. The van der Waals surface area contributed by atoms with Gasteiger partial charge in [-0.05, 0) is 25.3 Å². The molecule has 2 heterocycles. The normalized spacial score (nSPS) is 12.9. The van der Waals surface area contributed by atoms with Crippen molar-refractivity contribution in [3.05, 3.63) is 17.8 Å². The summed E-state index contributed by atoms with van der Waals surface area (Å²) in [5.41, 5.74) is 0.992. The van der Waals surface area contributed by atoms with Gasteiger partial charge in [0.2, 0.25) is 0 Å². The zero-order chi connectivity index (χ0) is 11.4. The van der Waals surface area contributed by atoms with Gasteiger partial charge in [0.15, 0.2) is 0 Å². The van der Waals surface area contributed by atoms with Crippen molar-refractivity contribution >= 4 is 27.4 Å². The van der Waals surface area contributed by atoms with E-state index < -0.39 is 0 Å². The van der Waals surface area contributed by atoms with Crippen molar-refractivity contribution in [3.8, 4) is 0 Å². The van der Waals surface area contributed by atoms with Gasteiger partial charge >= 0.3 is 0 Å². The molecule has 0 spiro atoms. The Morgan fingerprint density at radius 3 is 3.19 bits per heavy atom. The minimum Gasteiger partial charge on any atom is -0.380 e. The van der Waals surface area contributed by atoms with Gasteiger partial charge in [0.1, 0.15) is 12.1 Å². The Balaban J connectivity index is 2.11. The second-order valence-corrected chi connectivity index (χ2v) is 4.48. The first-order chi connectivity index (χ1) is 7.81. The van der Waals surface area contributed by atoms with Crippen molar-refractivity contribution in [1.29, 1.82) is 0 Å². The fourth-order valence-electron chi connectivity index (χ4n) is 1.46. The molecule has 2 aromatic heterocycles. The van der Waals surface area contributed by atoms with Crippen molar-refractivity contribution in [3.63, 3.8) is 0 Å². The number of hydrogen-bond donors (Lipinski definition) is 1. The van der Waals surface area contributed by atoms with Crippen LogP contribution in [0.5, 0.6) is 0 Å². The lowest BCUT2D eigenvalue weighted by Gasteiger charge is -2.14. The van der Waals surface area contributed by atoms with E-state index in [0.717, 1.165) is 22.6 Å². The number of fused-ring (bicyclic) bond motifs is 1. The van der Waals surface area contributed by atoms with Gasteiger partial charge in [0, 0.05) is 12.6 Å². The molecular formula is C11H15N3OS. The minimum absolute atomic E-state index is 0.250. The molecule has 16 heavy (non-hydrogen) atoms. The van der Waals surface area contributed by atoms with E-state index in [1.807, 2.05) is 18.4 Å². The third-order valence-corrected chi connectivity index (χ3v) is 3.11. The van der Waals surface area contributed by atoms with Crippen LogP contribution < -0.4 is 5.32 Å². The summed E-state index contributed by atoms with van der Waals surface area (Å²) in [6.45, 7) is 5.50. The predicted molar refractivity (Wildman–Crippen MR) is 67.0 cm³/mol. The number of aromatic nitrogens is 2. The van der Waals surface area contributed by atoms with E-state index in [0.29, 0.717) is 6.61 Å². The maximum atomic E-state index is 5.36. The predicted octanol–water partition coefficient (Wildman–Crippen LogP) is 2.53. The SMILES string of the molecule is CCOC[C@@H](C)Nc1ncnc2ccsc12. The second-order valence-electron chi connectivity index (χ2n) is 3.56.